The largest absolute Gasteiger partial charge is 0.497 e. The van der Waals surface area contributed by atoms with Crippen molar-refractivity contribution >= 4 is 5.91 Å². The number of hydrogen-bond acceptors (Lipinski definition) is 4. The maximum absolute atomic E-state index is 12.6. The number of carbonyl (C=O) groups excluding carboxylic acids is 1. The van der Waals surface area contributed by atoms with E-state index in [1.54, 1.807) is 21.3 Å². The number of amides is 1. The minimum Gasteiger partial charge on any atom is -0.497 e. The smallest absolute Gasteiger partial charge is 0.226 e. The molecule has 0 saturated carbocycles. The quantitative estimate of drug-likeness (QED) is 0.731. The normalized spacial score (nSPS) is 14.6. The first-order valence-electron chi connectivity index (χ1n) is 9.74. The fourth-order valence-electron chi connectivity index (χ4n) is 3.76. The number of likely N-dealkylation sites (tertiary alicyclic amines) is 1. The molecule has 0 atom stereocenters. The van der Waals surface area contributed by atoms with Gasteiger partial charge in [0.05, 0.1) is 27.8 Å². The zero-order valence-corrected chi connectivity index (χ0v) is 16.9. The van der Waals surface area contributed by atoms with E-state index in [0.717, 1.165) is 55.2 Å². The van der Waals surface area contributed by atoms with Crippen molar-refractivity contribution < 1.29 is 19.0 Å². The van der Waals surface area contributed by atoms with Crippen molar-refractivity contribution in [2.45, 2.75) is 25.7 Å². The fraction of sp³-hybridized carbons (Fsp3) is 0.435. The van der Waals surface area contributed by atoms with Gasteiger partial charge in [-0.2, -0.15) is 0 Å². The standard InChI is InChI=1S/C23H29NO4/c1-26-20-7-4-17(5-8-20)16-23(25)24-12-10-18(11-13-24)14-19-6-9-21(27-2)22(15-19)28-3/h4-9,15,18H,10-14,16H2,1-3H3. The second kappa shape index (κ2) is 9.49. The molecule has 0 N–H and O–H groups in total. The average molecular weight is 383 g/mol. The Kier molecular flexibility index (Phi) is 6.80. The first kappa shape index (κ1) is 20.1. The molecule has 150 valence electrons. The molecule has 3 rings (SSSR count). The van der Waals surface area contributed by atoms with Crippen LogP contribution in [-0.2, 0) is 17.6 Å². The lowest BCUT2D eigenvalue weighted by atomic mass is 9.90. The van der Waals surface area contributed by atoms with Crippen LogP contribution in [0.5, 0.6) is 17.2 Å². The monoisotopic (exact) mass is 383 g/mol. The Labute approximate surface area is 167 Å². The summed E-state index contributed by atoms with van der Waals surface area (Å²) < 4.78 is 15.9. The van der Waals surface area contributed by atoms with Crippen LogP contribution in [0.15, 0.2) is 42.5 Å². The topological polar surface area (TPSA) is 48.0 Å². The molecule has 1 fully saturated rings. The predicted molar refractivity (Wildman–Crippen MR) is 109 cm³/mol. The highest BCUT2D eigenvalue weighted by molar-refractivity contribution is 5.78. The molecule has 1 saturated heterocycles. The maximum Gasteiger partial charge on any atom is 0.226 e. The molecule has 5 heteroatoms. The number of carbonyl (C=O) groups is 1. The Bertz CT molecular complexity index is 780. The van der Waals surface area contributed by atoms with Crippen LogP contribution < -0.4 is 14.2 Å². The van der Waals surface area contributed by atoms with E-state index >= 15 is 0 Å². The zero-order valence-electron chi connectivity index (χ0n) is 16.9. The van der Waals surface area contributed by atoms with E-state index in [1.807, 2.05) is 35.2 Å². The van der Waals surface area contributed by atoms with Crippen molar-refractivity contribution in [3.63, 3.8) is 0 Å². The van der Waals surface area contributed by atoms with Crippen LogP contribution >= 0.6 is 0 Å². The lowest BCUT2D eigenvalue weighted by Crippen LogP contribution is -2.39. The molecule has 0 unspecified atom stereocenters. The molecule has 1 aliphatic rings. The summed E-state index contributed by atoms with van der Waals surface area (Å²) in [6.07, 6.45) is 3.51. The second-order valence-electron chi connectivity index (χ2n) is 7.24. The maximum atomic E-state index is 12.6. The van der Waals surface area contributed by atoms with Crippen molar-refractivity contribution in [2.75, 3.05) is 34.4 Å². The molecule has 0 aliphatic carbocycles. The third kappa shape index (κ3) is 4.97. The van der Waals surface area contributed by atoms with Crippen LogP contribution in [0.3, 0.4) is 0 Å². The van der Waals surface area contributed by atoms with E-state index in [9.17, 15) is 4.79 Å². The predicted octanol–water partition coefficient (Wildman–Crippen LogP) is 3.74. The van der Waals surface area contributed by atoms with Crippen LogP contribution in [0.1, 0.15) is 24.0 Å². The van der Waals surface area contributed by atoms with Gasteiger partial charge in [-0.05, 0) is 60.6 Å². The molecular formula is C23H29NO4. The number of piperidine rings is 1. The molecule has 0 bridgehead atoms. The summed E-state index contributed by atoms with van der Waals surface area (Å²) in [5, 5.41) is 0. The van der Waals surface area contributed by atoms with Crippen LogP contribution in [0, 0.1) is 5.92 Å². The van der Waals surface area contributed by atoms with E-state index in [-0.39, 0.29) is 5.91 Å². The molecule has 0 radical (unpaired) electrons. The fourth-order valence-corrected chi connectivity index (χ4v) is 3.76. The Balaban J connectivity index is 1.50. The molecule has 0 spiro atoms. The van der Waals surface area contributed by atoms with Gasteiger partial charge in [-0.1, -0.05) is 18.2 Å². The molecule has 1 aliphatic heterocycles. The second-order valence-corrected chi connectivity index (χ2v) is 7.24. The van der Waals surface area contributed by atoms with E-state index in [4.69, 9.17) is 14.2 Å². The number of benzene rings is 2. The summed E-state index contributed by atoms with van der Waals surface area (Å²) in [6.45, 7) is 1.65. The Morgan fingerprint density at radius 2 is 1.54 bits per heavy atom. The molecule has 2 aromatic carbocycles. The van der Waals surface area contributed by atoms with Crippen molar-refractivity contribution in [2.24, 2.45) is 5.92 Å². The molecule has 1 heterocycles. The van der Waals surface area contributed by atoms with Crippen molar-refractivity contribution in [1.82, 2.24) is 4.90 Å². The van der Waals surface area contributed by atoms with Crippen LogP contribution in [0.2, 0.25) is 0 Å². The summed E-state index contributed by atoms with van der Waals surface area (Å²) in [7, 11) is 4.96. The SMILES string of the molecule is COc1ccc(CC(=O)N2CCC(Cc3ccc(OC)c(OC)c3)CC2)cc1. The Hall–Kier alpha value is -2.69. The van der Waals surface area contributed by atoms with E-state index in [1.165, 1.54) is 5.56 Å². The Morgan fingerprint density at radius 3 is 2.14 bits per heavy atom. The summed E-state index contributed by atoms with van der Waals surface area (Å²) in [6, 6.07) is 13.8. The molecule has 2 aromatic rings. The van der Waals surface area contributed by atoms with Gasteiger partial charge in [0, 0.05) is 13.1 Å². The van der Waals surface area contributed by atoms with Crippen molar-refractivity contribution in [1.29, 1.82) is 0 Å². The highest BCUT2D eigenvalue weighted by Gasteiger charge is 2.23. The third-order valence-corrected chi connectivity index (χ3v) is 5.45. The van der Waals surface area contributed by atoms with Gasteiger partial charge in [-0.25, -0.2) is 0 Å². The summed E-state index contributed by atoms with van der Waals surface area (Å²) in [4.78, 5) is 14.6. The van der Waals surface area contributed by atoms with E-state index in [0.29, 0.717) is 12.3 Å². The van der Waals surface area contributed by atoms with Gasteiger partial charge >= 0.3 is 0 Å². The van der Waals surface area contributed by atoms with Gasteiger partial charge in [0.1, 0.15) is 5.75 Å². The minimum atomic E-state index is 0.203. The lowest BCUT2D eigenvalue weighted by Gasteiger charge is -2.32. The van der Waals surface area contributed by atoms with Gasteiger partial charge in [0.15, 0.2) is 11.5 Å². The first-order valence-corrected chi connectivity index (χ1v) is 9.74. The summed E-state index contributed by atoms with van der Waals surface area (Å²) >= 11 is 0. The number of hydrogen-bond donors (Lipinski definition) is 0. The van der Waals surface area contributed by atoms with Crippen LogP contribution in [-0.4, -0.2) is 45.2 Å². The lowest BCUT2D eigenvalue weighted by molar-refractivity contribution is -0.131. The van der Waals surface area contributed by atoms with Gasteiger partial charge in [0.25, 0.3) is 0 Å². The number of ether oxygens (including phenoxy) is 3. The summed E-state index contributed by atoms with van der Waals surface area (Å²) in [5.74, 6) is 3.13. The zero-order chi connectivity index (χ0) is 19.9. The molecular weight excluding hydrogens is 354 g/mol. The molecule has 0 aromatic heterocycles. The first-order chi connectivity index (χ1) is 13.6. The van der Waals surface area contributed by atoms with E-state index in [2.05, 4.69) is 12.1 Å². The average Bonchev–Trinajstić information content (AvgIpc) is 2.74. The number of rotatable bonds is 7. The third-order valence-electron chi connectivity index (χ3n) is 5.45. The molecule has 1 amide bonds. The van der Waals surface area contributed by atoms with Gasteiger partial charge < -0.3 is 19.1 Å². The number of nitrogens with zero attached hydrogens (tertiary/aromatic N) is 1. The number of methoxy groups -OCH3 is 3. The Morgan fingerprint density at radius 1 is 0.893 bits per heavy atom. The highest BCUT2D eigenvalue weighted by atomic mass is 16.5. The van der Waals surface area contributed by atoms with E-state index < -0.39 is 0 Å². The van der Waals surface area contributed by atoms with Gasteiger partial charge in [0.2, 0.25) is 5.91 Å². The van der Waals surface area contributed by atoms with Crippen LogP contribution in [0.25, 0.3) is 0 Å². The molecule has 5 nitrogen and oxygen atoms in total. The minimum absolute atomic E-state index is 0.203. The van der Waals surface area contributed by atoms with Crippen LogP contribution in [0.4, 0.5) is 0 Å². The van der Waals surface area contributed by atoms with Gasteiger partial charge in [-0.3, -0.25) is 4.79 Å². The van der Waals surface area contributed by atoms with Gasteiger partial charge in [-0.15, -0.1) is 0 Å². The molecule has 28 heavy (non-hydrogen) atoms. The van der Waals surface area contributed by atoms with Crippen molar-refractivity contribution in [3.05, 3.63) is 53.6 Å². The highest BCUT2D eigenvalue weighted by Crippen LogP contribution is 2.30. The van der Waals surface area contributed by atoms with Crippen molar-refractivity contribution in [3.8, 4) is 17.2 Å². The summed E-state index contributed by atoms with van der Waals surface area (Å²) in [5.41, 5.74) is 2.28.